The highest BCUT2D eigenvalue weighted by atomic mass is 16.5. The van der Waals surface area contributed by atoms with E-state index in [4.69, 9.17) is 9.72 Å². The number of rotatable bonds is 3. The summed E-state index contributed by atoms with van der Waals surface area (Å²) in [6.07, 6.45) is 4.76. The van der Waals surface area contributed by atoms with Crippen molar-refractivity contribution in [3.8, 4) is 28.1 Å². The first-order valence-corrected chi connectivity index (χ1v) is 12.8. The van der Waals surface area contributed by atoms with Crippen LogP contribution in [0.4, 0.5) is 5.69 Å². The van der Waals surface area contributed by atoms with Crippen LogP contribution in [0.15, 0.2) is 48.8 Å². The van der Waals surface area contributed by atoms with E-state index in [-0.39, 0.29) is 5.91 Å². The van der Waals surface area contributed by atoms with Crippen LogP contribution in [-0.2, 0) is 0 Å². The van der Waals surface area contributed by atoms with Crippen molar-refractivity contribution in [2.24, 2.45) is 0 Å². The van der Waals surface area contributed by atoms with Gasteiger partial charge in [0.25, 0.3) is 5.91 Å². The summed E-state index contributed by atoms with van der Waals surface area (Å²) in [5.74, 6) is 0.913. The molecule has 1 saturated heterocycles. The van der Waals surface area contributed by atoms with Crippen molar-refractivity contribution in [1.82, 2.24) is 24.8 Å². The van der Waals surface area contributed by atoms with Gasteiger partial charge in [-0.15, -0.1) is 0 Å². The number of carbonyl (C=O) groups is 1. The number of nitrogens with zero attached hydrogens (tertiary/aromatic N) is 5. The average Bonchev–Trinajstić information content (AvgIpc) is 3.23. The van der Waals surface area contributed by atoms with Crippen LogP contribution in [0.1, 0.15) is 22.3 Å². The number of piperazine rings is 1. The lowest BCUT2D eigenvalue weighted by Gasteiger charge is -2.41. The lowest BCUT2D eigenvalue weighted by molar-refractivity contribution is 0.0827. The molecule has 1 amide bonds. The number of H-pyrrole nitrogens is 1. The summed E-state index contributed by atoms with van der Waals surface area (Å²) in [4.78, 5) is 31.7. The van der Waals surface area contributed by atoms with E-state index in [9.17, 15) is 4.79 Å². The average molecular weight is 497 g/mol. The Hall–Kier alpha value is -3.91. The van der Waals surface area contributed by atoms with Crippen molar-refractivity contribution in [3.05, 3.63) is 59.9 Å². The number of benzene rings is 2. The third-order valence-electron chi connectivity index (χ3n) is 7.47. The predicted octanol–water partition coefficient (Wildman–Crippen LogP) is 4.21. The summed E-state index contributed by atoms with van der Waals surface area (Å²) < 4.78 is 6.29. The Morgan fingerprint density at radius 3 is 2.73 bits per heavy atom. The fourth-order valence-electron chi connectivity index (χ4n) is 5.53. The van der Waals surface area contributed by atoms with E-state index in [0.717, 1.165) is 65.4 Å². The topological polar surface area (TPSA) is 77.6 Å². The molecule has 37 heavy (non-hydrogen) atoms. The van der Waals surface area contributed by atoms with Crippen molar-refractivity contribution in [3.63, 3.8) is 0 Å². The second kappa shape index (κ2) is 9.19. The van der Waals surface area contributed by atoms with Gasteiger partial charge in [0.1, 0.15) is 11.3 Å². The van der Waals surface area contributed by atoms with Gasteiger partial charge in [0, 0.05) is 69.1 Å². The van der Waals surface area contributed by atoms with Gasteiger partial charge in [-0.1, -0.05) is 12.1 Å². The summed E-state index contributed by atoms with van der Waals surface area (Å²) in [5, 5.41) is 0. The highest BCUT2D eigenvalue weighted by Gasteiger charge is 2.31. The minimum absolute atomic E-state index is 0.0174. The smallest absolute Gasteiger partial charge is 0.253 e. The molecular weight excluding hydrogens is 464 g/mol. The van der Waals surface area contributed by atoms with Gasteiger partial charge in [-0.25, -0.2) is 9.97 Å². The Balaban J connectivity index is 1.37. The minimum Gasteiger partial charge on any atom is -0.491 e. The Morgan fingerprint density at radius 2 is 1.95 bits per heavy atom. The van der Waals surface area contributed by atoms with Gasteiger partial charge >= 0.3 is 0 Å². The molecule has 190 valence electrons. The van der Waals surface area contributed by atoms with Crippen LogP contribution < -0.4 is 9.64 Å². The van der Waals surface area contributed by atoms with Gasteiger partial charge in [-0.3, -0.25) is 4.79 Å². The SMILES string of the molecule is Cc1cc(-c2cnc3[nH]cc(-c4ccc(C(=O)N(C)C)cc4)c3n2)cc2c1N1CCN(C)C[C@@H]1CCO2. The van der Waals surface area contributed by atoms with Gasteiger partial charge in [0.15, 0.2) is 5.65 Å². The number of fused-ring (bicyclic) bond motifs is 4. The van der Waals surface area contributed by atoms with Crippen molar-refractivity contribution in [1.29, 1.82) is 0 Å². The molecule has 2 aliphatic rings. The molecule has 8 nitrogen and oxygen atoms in total. The third kappa shape index (κ3) is 4.21. The third-order valence-corrected chi connectivity index (χ3v) is 7.47. The number of aromatic amines is 1. The minimum atomic E-state index is -0.0174. The molecule has 1 N–H and O–H groups in total. The monoisotopic (exact) mass is 496 g/mol. The molecule has 0 radical (unpaired) electrons. The summed E-state index contributed by atoms with van der Waals surface area (Å²) >= 11 is 0. The molecule has 0 saturated carbocycles. The second-order valence-corrected chi connectivity index (χ2v) is 10.3. The maximum Gasteiger partial charge on any atom is 0.253 e. The second-order valence-electron chi connectivity index (χ2n) is 10.3. The number of likely N-dealkylation sites (N-methyl/N-ethyl adjacent to an activating group) is 1. The molecule has 1 atom stereocenters. The van der Waals surface area contributed by atoms with Crippen LogP contribution in [-0.4, -0.2) is 84.1 Å². The summed E-state index contributed by atoms with van der Waals surface area (Å²) in [6.45, 7) is 6.00. The van der Waals surface area contributed by atoms with E-state index >= 15 is 0 Å². The number of amides is 1. The fraction of sp³-hybridized carbons (Fsp3) is 0.345. The molecule has 0 aliphatic carbocycles. The van der Waals surface area contributed by atoms with Gasteiger partial charge in [0.05, 0.1) is 24.2 Å². The number of ether oxygens (including phenoxy) is 1. The molecule has 4 heterocycles. The highest BCUT2D eigenvalue weighted by molar-refractivity contribution is 5.96. The molecule has 6 rings (SSSR count). The molecule has 4 aromatic rings. The van der Waals surface area contributed by atoms with E-state index in [1.165, 1.54) is 11.3 Å². The van der Waals surface area contributed by atoms with Crippen LogP contribution in [0.25, 0.3) is 33.5 Å². The maximum absolute atomic E-state index is 12.3. The molecule has 2 aromatic heterocycles. The zero-order chi connectivity index (χ0) is 25.7. The Labute approximate surface area is 216 Å². The van der Waals surface area contributed by atoms with Gasteiger partial charge in [-0.2, -0.15) is 0 Å². The van der Waals surface area contributed by atoms with Crippen LogP contribution >= 0.6 is 0 Å². The molecule has 8 heteroatoms. The molecular formula is C29H32N6O2. The largest absolute Gasteiger partial charge is 0.491 e. The zero-order valence-electron chi connectivity index (χ0n) is 21.8. The fourth-order valence-corrected chi connectivity index (χ4v) is 5.53. The number of carbonyl (C=O) groups excluding carboxylic acids is 1. The number of aromatic nitrogens is 3. The summed E-state index contributed by atoms with van der Waals surface area (Å²) in [7, 11) is 5.71. The van der Waals surface area contributed by atoms with E-state index in [0.29, 0.717) is 18.2 Å². The Morgan fingerprint density at radius 1 is 1.14 bits per heavy atom. The first-order chi connectivity index (χ1) is 17.9. The zero-order valence-corrected chi connectivity index (χ0v) is 21.8. The maximum atomic E-state index is 12.3. The summed E-state index contributed by atoms with van der Waals surface area (Å²) in [6, 6.07) is 12.4. The van der Waals surface area contributed by atoms with Crippen LogP contribution in [0, 0.1) is 6.92 Å². The molecule has 0 spiro atoms. The molecule has 2 aromatic carbocycles. The first kappa shape index (κ1) is 23.5. The van der Waals surface area contributed by atoms with Gasteiger partial charge in [0.2, 0.25) is 0 Å². The van der Waals surface area contributed by atoms with Crippen LogP contribution in [0.5, 0.6) is 5.75 Å². The number of aryl methyl sites for hydroxylation is 1. The number of nitrogens with one attached hydrogen (secondary N) is 1. The van der Waals surface area contributed by atoms with E-state index in [1.807, 2.05) is 36.7 Å². The first-order valence-electron chi connectivity index (χ1n) is 12.8. The molecule has 0 bridgehead atoms. The van der Waals surface area contributed by atoms with Crippen LogP contribution in [0.3, 0.4) is 0 Å². The van der Waals surface area contributed by atoms with E-state index in [2.05, 4.69) is 45.9 Å². The molecule has 0 unspecified atom stereocenters. The number of hydrogen-bond donors (Lipinski definition) is 1. The Kier molecular flexibility index (Phi) is 5.83. The lowest BCUT2D eigenvalue weighted by Crippen LogP contribution is -2.52. The quantitative estimate of drug-likeness (QED) is 0.458. The van der Waals surface area contributed by atoms with Crippen molar-refractivity contribution in [2.75, 3.05) is 52.3 Å². The van der Waals surface area contributed by atoms with Gasteiger partial charge < -0.3 is 24.4 Å². The standard InChI is InChI=1S/C29H32N6O2/c1-18-13-21(14-25-27(18)35-11-10-34(4)17-22(35)9-12-37-25)24-16-31-28-26(32-24)23(15-30-28)19-5-7-20(8-6-19)29(36)33(2)3/h5-8,13-16,22H,9-12,17H2,1-4H3,(H,30,31)/t22-/m0/s1. The van der Waals surface area contributed by atoms with E-state index in [1.54, 1.807) is 19.0 Å². The van der Waals surface area contributed by atoms with E-state index < -0.39 is 0 Å². The molecule has 2 aliphatic heterocycles. The van der Waals surface area contributed by atoms with Crippen molar-refractivity contribution >= 4 is 22.8 Å². The van der Waals surface area contributed by atoms with Crippen LogP contribution in [0.2, 0.25) is 0 Å². The van der Waals surface area contributed by atoms with Gasteiger partial charge in [-0.05, 0) is 49.4 Å². The Bertz CT molecular complexity index is 1480. The molecule has 1 fully saturated rings. The van der Waals surface area contributed by atoms with Crippen molar-refractivity contribution < 1.29 is 9.53 Å². The highest BCUT2D eigenvalue weighted by Crippen LogP contribution is 2.41. The number of hydrogen-bond acceptors (Lipinski definition) is 6. The number of anilines is 1. The van der Waals surface area contributed by atoms with Crippen molar-refractivity contribution in [2.45, 2.75) is 19.4 Å². The predicted molar refractivity (Wildman–Crippen MR) is 146 cm³/mol. The lowest BCUT2D eigenvalue weighted by atomic mass is 10.0. The summed E-state index contributed by atoms with van der Waals surface area (Å²) in [5.41, 5.74) is 8.34. The normalized spacial score (nSPS) is 17.6.